The molecule has 0 aliphatic heterocycles. The predicted octanol–water partition coefficient (Wildman–Crippen LogP) is 9.19. The molecule has 0 amide bonds. The van der Waals surface area contributed by atoms with Gasteiger partial charge in [-0.15, -0.1) is 0 Å². The van der Waals surface area contributed by atoms with Gasteiger partial charge in [0.05, 0.1) is 19.6 Å². The van der Waals surface area contributed by atoms with Gasteiger partial charge in [-0.25, -0.2) is 4.59 Å². The Balaban J connectivity index is 4.61. The van der Waals surface area contributed by atoms with Crippen LogP contribution in [0.2, 0.25) is 0 Å². The molecule has 0 fully saturated rings. The van der Waals surface area contributed by atoms with Crippen LogP contribution in [0.1, 0.15) is 156 Å². The summed E-state index contributed by atoms with van der Waals surface area (Å²) >= 11 is 0. The molecule has 0 aromatic rings. The van der Waals surface area contributed by atoms with E-state index in [1.807, 2.05) is 0 Å². The number of unbranched alkanes of at least 4 members (excludes halogenated alkanes) is 16. The van der Waals surface area contributed by atoms with Crippen LogP contribution in [0.5, 0.6) is 0 Å². The highest BCUT2D eigenvalue weighted by molar-refractivity contribution is 4.52. The number of nitrogens with one attached hydrogen (secondary N) is 1. The Morgan fingerprint density at radius 3 is 1.00 bits per heavy atom. The maximum atomic E-state index is 4.08. The van der Waals surface area contributed by atoms with E-state index in [2.05, 4.69) is 33.1 Å². The van der Waals surface area contributed by atoms with Crippen molar-refractivity contribution in [1.82, 2.24) is 5.43 Å². The lowest BCUT2D eigenvalue weighted by Crippen LogP contribution is -2.60. The Morgan fingerprint density at radius 2 is 0.667 bits per heavy atom. The first-order valence-corrected chi connectivity index (χ1v) is 14.4. The predicted molar refractivity (Wildman–Crippen MR) is 138 cm³/mol. The van der Waals surface area contributed by atoms with Crippen molar-refractivity contribution >= 4 is 0 Å². The third-order valence-electron chi connectivity index (χ3n) is 6.80. The molecule has 0 radical (unpaired) electrons. The number of rotatable bonds is 25. The zero-order chi connectivity index (χ0) is 22.2. The average Bonchev–Trinajstić information content (AvgIpc) is 2.75. The van der Waals surface area contributed by atoms with Crippen molar-refractivity contribution in [1.29, 1.82) is 0 Å². The minimum Gasteiger partial charge on any atom is -0.246 e. The lowest BCUT2D eigenvalue weighted by Gasteiger charge is -2.39. The standard InChI is InChI=1S/C28H61N2/c1-5-9-13-16-19-22-26-30(29-25-12-8-4,27-23-20-17-14-10-6-2)28-24-21-18-15-11-7-3/h29H,5-28H2,1-4H3/q+1. The number of hydrogen-bond donors (Lipinski definition) is 1. The van der Waals surface area contributed by atoms with Gasteiger partial charge in [0.1, 0.15) is 0 Å². The van der Waals surface area contributed by atoms with Gasteiger partial charge in [0, 0.05) is 6.54 Å². The van der Waals surface area contributed by atoms with Crippen LogP contribution in [0.4, 0.5) is 0 Å². The summed E-state index contributed by atoms with van der Waals surface area (Å²) in [5.74, 6) is 0. The number of hydrogen-bond acceptors (Lipinski definition) is 1. The molecule has 0 bridgehead atoms. The molecule has 0 saturated carbocycles. The van der Waals surface area contributed by atoms with Gasteiger partial charge < -0.3 is 0 Å². The fraction of sp³-hybridized carbons (Fsp3) is 1.00. The molecule has 0 aromatic carbocycles. The molecule has 0 aliphatic carbocycles. The molecular formula is C28H61N2+. The normalized spacial score (nSPS) is 12.0. The molecule has 2 heteroatoms. The number of quaternary nitrogens is 1. The third kappa shape index (κ3) is 18.7. The van der Waals surface area contributed by atoms with Gasteiger partial charge in [0.15, 0.2) is 0 Å². The summed E-state index contributed by atoms with van der Waals surface area (Å²) < 4.78 is 1.22. The highest BCUT2D eigenvalue weighted by Gasteiger charge is 2.26. The van der Waals surface area contributed by atoms with E-state index in [1.54, 1.807) is 0 Å². The van der Waals surface area contributed by atoms with Crippen molar-refractivity contribution < 1.29 is 4.59 Å². The Bertz CT molecular complexity index is 275. The molecule has 0 rings (SSSR count). The average molecular weight is 426 g/mol. The summed E-state index contributed by atoms with van der Waals surface area (Å²) in [7, 11) is 0. The second-order valence-electron chi connectivity index (χ2n) is 9.88. The highest BCUT2D eigenvalue weighted by Crippen LogP contribution is 2.16. The van der Waals surface area contributed by atoms with Gasteiger partial charge in [-0.1, -0.05) is 111 Å². The smallest absolute Gasteiger partial charge is 0.0962 e. The van der Waals surface area contributed by atoms with E-state index in [-0.39, 0.29) is 0 Å². The molecular weight excluding hydrogens is 364 g/mol. The lowest BCUT2D eigenvalue weighted by atomic mass is 10.1. The maximum Gasteiger partial charge on any atom is 0.0962 e. The molecule has 0 heterocycles. The Morgan fingerprint density at radius 1 is 0.367 bits per heavy atom. The third-order valence-corrected chi connectivity index (χ3v) is 6.80. The molecule has 0 saturated heterocycles. The van der Waals surface area contributed by atoms with Crippen LogP contribution in [0.25, 0.3) is 0 Å². The van der Waals surface area contributed by atoms with Gasteiger partial charge in [0.25, 0.3) is 0 Å². The minimum atomic E-state index is 1.21. The summed E-state index contributed by atoms with van der Waals surface area (Å²) in [5.41, 5.74) is 4.08. The molecule has 0 aromatic heterocycles. The van der Waals surface area contributed by atoms with Crippen molar-refractivity contribution in [3.05, 3.63) is 0 Å². The van der Waals surface area contributed by atoms with E-state index < -0.39 is 0 Å². The van der Waals surface area contributed by atoms with Gasteiger partial charge in [-0.3, -0.25) is 0 Å². The molecule has 0 unspecified atom stereocenters. The minimum absolute atomic E-state index is 1.21. The first-order valence-electron chi connectivity index (χ1n) is 14.4. The number of nitrogens with zero attached hydrogens (tertiary/aromatic N) is 1. The lowest BCUT2D eigenvalue weighted by molar-refractivity contribution is -0.970. The molecule has 2 nitrogen and oxygen atoms in total. The summed E-state index contributed by atoms with van der Waals surface area (Å²) in [6.45, 7) is 14.6. The summed E-state index contributed by atoms with van der Waals surface area (Å²) in [4.78, 5) is 0. The second-order valence-corrected chi connectivity index (χ2v) is 9.88. The SMILES string of the molecule is CCCCCCCC[N+](CCCCCCCC)(CCCCCCCC)NCCCC. The molecule has 0 aliphatic rings. The maximum absolute atomic E-state index is 4.08. The van der Waals surface area contributed by atoms with Crippen molar-refractivity contribution in [3.8, 4) is 0 Å². The first-order chi connectivity index (χ1) is 14.7. The van der Waals surface area contributed by atoms with Gasteiger partial charge in [-0.05, 0) is 44.9 Å². The summed E-state index contributed by atoms with van der Waals surface area (Å²) in [5, 5.41) is 0. The van der Waals surface area contributed by atoms with E-state index in [1.165, 1.54) is 159 Å². The quantitative estimate of drug-likeness (QED) is 0.0873. The fourth-order valence-electron chi connectivity index (χ4n) is 4.65. The van der Waals surface area contributed by atoms with Gasteiger partial charge in [0.2, 0.25) is 0 Å². The van der Waals surface area contributed by atoms with E-state index in [9.17, 15) is 0 Å². The zero-order valence-corrected chi connectivity index (χ0v) is 21.9. The van der Waals surface area contributed by atoms with Crippen LogP contribution in [0.3, 0.4) is 0 Å². The van der Waals surface area contributed by atoms with E-state index >= 15 is 0 Å². The van der Waals surface area contributed by atoms with Crippen LogP contribution in [-0.4, -0.2) is 30.8 Å². The van der Waals surface area contributed by atoms with Crippen LogP contribution in [0, 0.1) is 0 Å². The second kappa shape index (κ2) is 23.6. The Hall–Kier alpha value is -0.0800. The van der Waals surface area contributed by atoms with Crippen LogP contribution >= 0.6 is 0 Å². The highest BCUT2D eigenvalue weighted by atomic mass is 15.7. The Kier molecular flexibility index (Phi) is 23.5. The van der Waals surface area contributed by atoms with Gasteiger partial charge in [-0.2, -0.15) is 5.43 Å². The molecule has 0 atom stereocenters. The van der Waals surface area contributed by atoms with Crippen molar-refractivity contribution in [2.75, 3.05) is 26.2 Å². The van der Waals surface area contributed by atoms with E-state index in [0.29, 0.717) is 0 Å². The van der Waals surface area contributed by atoms with E-state index in [0.717, 1.165) is 0 Å². The fourth-order valence-corrected chi connectivity index (χ4v) is 4.65. The molecule has 1 N–H and O–H groups in total. The first kappa shape index (κ1) is 29.9. The van der Waals surface area contributed by atoms with Crippen molar-refractivity contribution in [2.24, 2.45) is 0 Å². The van der Waals surface area contributed by atoms with Crippen LogP contribution < -0.4 is 5.43 Å². The molecule has 30 heavy (non-hydrogen) atoms. The van der Waals surface area contributed by atoms with E-state index in [4.69, 9.17) is 0 Å². The van der Waals surface area contributed by atoms with Gasteiger partial charge >= 0.3 is 0 Å². The van der Waals surface area contributed by atoms with Crippen molar-refractivity contribution in [2.45, 2.75) is 156 Å². The Labute approximate surface area is 192 Å². The summed E-state index contributed by atoms with van der Waals surface area (Å²) in [6.07, 6.45) is 28.1. The largest absolute Gasteiger partial charge is 0.246 e. The molecule has 0 spiro atoms. The monoisotopic (exact) mass is 425 g/mol. The van der Waals surface area contributed by atoms with Crippen molar-refractivity contribution in [3.63, 3.8) is 0 Å². The topological polar surface area (TPSA) is 12.0 Å². The zero-order valence-electron chi connectivity index (χ0n) is 21.9. The molecule has 182 valence electrons. The summed E-state index contributed by atoms with van der Waals surface area (Å²) in [6, 6.07) is 0. The van der Waals surface area contributed by atoms with Crippen LogP contribution in [-0.2, 0) is 0 Å². The van der Waals surface area contributed by atoms with Crippen LogP contribution in [0.15, 0.2) is 0 Å².